The predicted molar refractivity (Wildman–Crippen MR) is 76.0 cm³/mol. The van der Waals surface area contributed by atoms with Crippen LogP contribution in [0.4, 0.5) is 13.2 Å². The molecular formula is C13H14ClF3N4O2. The van der Waals surface area contributed by atoms with Gasteiger partial charge in [0.15, 0.2) is 23.9 Å². The van der Waals surface area contributed by atoms with Gasteiger partial charge < -0.3 is 15.0 Å². The molecule has 0 aromatic carbocycles. The summed E-state index contributed by atoms with van der Waals surface area (Å²) in [4.78, 5) is 8.11. The summed E-state index contributed by atoms with van der Waals surface area (Å²) in [5, 5.41) is 3.81. The number of aromatic nitrogens is 3. The lowest BCUT2D eigenvalue weighted by atomic mass is 9.77. The van der Waals surface area contributed by atoms with Crippen LogP contribution >= 0.6 is 12.4 Å². The number of ether oxygens (including phenoxy) is 1. The van der Waals surface area contributed by atoms with Crippen LogP contribution in [0.25, 0.3) is 11.6 Å². The number of halogens is 4. The second-order valence-corrected chi connectivity index (χ2v) is 5.19. The van der Waals surface area contributed by atoms with Crippen LogP contribution < -0.4 is 10.5 Å². The lowest BCUT2D eigenvalue weighted by Gasteiger charge is -2.34. The highest BCUT2D eigenvalue weighted by atomic mass is 35.5. The van der Waals surface area contributed by atoms with E-state index in [0.717, 1.165) is 19.3 Å². The molecule has 2 aromatic heterocycles. The molecule has 0 radical (unpaired) electrons. The number of pyridine rings is 1. The van der Waals surface area contributed by atoms with Crippen LogP contribution in [0.2, 0.25) is 0 Å². The van der Waals surface area contributed by atoms with Gasteiger partial charge in [-0.05, 0) is 31.4 Å². The molecule has 0 atom stereocenters. The molecule has 0 aliphatic heterocycles. The quantitative estimate of drug-likeness (QED) is 0.912. The third-order valence-corrected chi connectivity index (χ3v) is 3.48. The number of hydrogen-bond acceptors (Lipinski definition) is 6. The molecule has 1 saturated carbocycles. The minimum absolute atomic E-state index is 0. The van der Waals surface area contributed by atoms with Crippen LogP contribution in [0.15, 0.2) is 22.9 Å². The highest BCUT2D eigenvalue weighted by Crippen LogP contribution is 2.38. The van der Waals surface area contributed by atoms with E-state index in [9.17, 15) is 13.2 Å². The average molecular weight is 351 g/mol. The van der Waals surface area contributed by atoms with Crippen molar-refractivity contribution in [1.82, 2.24) is 15.1 Å². The standard InChI is InChI=1S/C13H13F3N4O2.ClH/c14-13(15,16)7-21-8-3-1-6-18-9(8)10-19-11(20-22-10)12(17)4-2-5-12;/h1,3,6H,2,4-5,7,17H2;1H. The molecule has 1 aliphatic carbocycles. The molecule has 2 aromatic rings. The Hall–Kier alpha value is -1.87. The zero-order valence-electron chi connectivity index (χ0n) is 11.8. The van der Waals surface area contributed by atoms with Gasteiger partial charge in [-0.2, -0.15) is 18.2 Å². The number of nitrogens with zero attached hydrogens (tertiary/aromatic N) is 3. The van der Waals surface area contributed by atoms with Crippen molar-refractivity contribution in [2.75, 3.05) is 6.61 Å². The third kappa shape index (κ3) is 3.73. The third-order valence-electron chi connectivity index (χ3n) is 3.48. The Balaban J connectivity index is 0.00000192. The van der Waals surface area contributed by atoms with E-state index in [-0.39, 0.29) is 29.7 Å². The molecule has 2 N–H and O–H groups in total. The first-order chi connectivity index (χ1) is 10.4. The molecule has 0 spiro atoms. The van der Waals surface area contributed by atoms with E-state index >= 15 is 0 Å². The van der Waals surface area contributed by atoms with Crippen molar-refractivity contribution in [2.24, 2.45) is 5.73 Å². The molecule has 23 heavy (non-hydrogen) atoms. The Morgan fingerprint density at radius 1 is 1.35 bits per heavy atom. The summed E-state index contributed by atoms with van der Waals surface area (Å²) in [6.45, 7) is -1.42. The van der Waals surface area contributed by atoms with Gasteiger partial charge in [-0.25, -0.2) is 4.98 Å². The Labute approximate surface area is 135 Å². The number of alkyl halides is 3. The number of rotatable bonds is 4. The lowest BCUT2D eigenvalue weighted by molar-refractivity contribution is -0.153. The summed E-state index contributed by atoms with van der Waals surface area (Å²) >= 11 is 0. The van der Waals surface area contributed by atoms with Crippen LogP contribution in [0, 0.1) is 0 Å². The van der Waals surface area contributed by atoms with Crippen molar-refractivity contribution in [3.8, 4) is 17.3 Å². The van der Waals surface area contributed by atoms with Crippen LogP contribution in [0.3, 0.4) is 0 Å². The average Bonchev–Trinajstić information content (AvgIpc) is 2.92. The van der Waals surface area contributed by atoms with Gasteiger partial charge in [0.1, 0.15) is 0 Å². The summed E-state index contributed by atoms with van der Waals surface area (Å²) < 4.78 is 46.7. The van der Waals surface area contributed by atoms with Gasteiger partial charge in [0.25, 0.3) is 5.89 Å². The zero-order chi connectivity index (χ0) is 15.8. The van der Waals surface area contributed by atoms with Crippen molar-refractivity contribution in [1.29, 1.82) is 0 Å². The second kappa shape index (κ2) is 6.32. The smallest absolute Gasteiger partial charge is 0.422 e. The molecule has 1 aliphatic rings. The molecular weight excluding hydrogens is 337 g/mol. The normalized spacial score (nSPS) is 16.3. The maximum absolute atomic E-state index is 12.3. The van der Waals surface area contributed by atoms with Crippen molar-refractivity contribution in [3.63, 3.8) is 0 Å². The van der Waals surface area contributed by atoms with Gasteiger partial charge in [-0.1, -0.05) is 5.16 Å². The van der Waals surface area contributed by atoms with Crippen LogP contribution in [-0.4, -0.2) is 27.9 Å². The molecule has 0 amide bonds. The SMILES string of the molecule is Cl.NC1(c2noc(-c3ncccc3OCC(F)(F)F)n2)CCC1. The van der Waals surface area contributed by atoms with Gasteiger partial charge in [0.05, 0.1) is 5.54 Å². The van der Waals surface area contributed by atoms with E-state index in [1.807, 2.05) is 0 Å². The second-order valence-electron chi connectivity index (χ2n) is 5.19. The van der Waals surface area contributed by atoms with Crippen molar-refractivity contribution in [3.05, 3.63) is 24.2 Å². The van der Waals surface area contributed by atoms with Gasteiger partial charge >= 0.3 is 6.18 Å². The van der Waals surface area contributed by atoms with Gasteiger partial charge in [0.2, 0.25) is 0 Å². The summed E-state index contributed by atoms with van der Waals surface area (Å²) in [5.74, 6) is 0.250. The maximum atomic E-state index is 12.3. The Morgan fingerprint density at radius 3 is 2.70 bits per heavy atom. The Kier molecular flexibility index (Phi) is 4.81. The monoisotopic (exact) mass is 350 g/mol. The van der Waals surface area contributed by atoms with Crippen LogP contribution in [-0.2, 0) is 5.54 Å². The van der Waals surface area contributed by atoms with E-state index in [4.69, 9.17) is 15.0 Å². The summed E-state index contributed by atoms with van der Waals surface area (Å²) in [6.07, 6.45) is -0.581. The largest absolute Gasteiger partial charge is 0.482 e. The summed E-state index contributed by atoms with van der Waals surface area (Å²) in [7, 11) is 0. The minimum atomic E-state index is -4.44. The molecule has 3 rings (SSSR count). The Morgan fingerprint density at radius 2 is 2.09 bits per heavy atom. The molecule has 1 fully saturated rings. The molecule has 126 valence electrons. The van der Waals surface area contributed by atoms with Crippen molar-refractivity contribution in [2.45, 2.75) is 31.0 Å². The fraction of sp³-hybridized carbons (Fsp3) is 0.462. The van der Waals surface area contributed by atoms with Gasteiger partial charge in [-0.15, -0.1) is 12.4 Å². The highest BCUT2D eigenvalue weighted by molar-refractivity contribution is 5.85. The predicted octanol–water partition coefficient (Wildman–Crippen LogP) is 2.83. The molecule has 2 heterocycles. The van der Waals surface area contributed by atoms with E-state index < -0.39 is 18.3 Å². The number of hydrogen-bond donors (Lipinski definition) is 1. The first kappa shape index (κ1) is 17.5. The van der Waals surface area contributed by atoms with Gasteiger partial charge in [-0.3, -0.25) is 0 Å². The topological polar surface area (TPSA) is 87.1 Å². The van der Waals surface area contributed by atoms with Crippen molar-refractivity contribution < 1.29 is 22.4 Å². The molecule has 0 bridgehead atoms. The first-order valence-electron chi connectivity index (χ1n) is 6.65. The van der Waals surface area contributed by atoms with Crippen molar-refractivity contribution >= 4 is 12.4 Å². The summed E-state index contributed by atoms with van der Waals surface area (Å²) in [5.41, 5.74) is 5.53. The first-order valence-corrected chi connectivity index (χ1v) is 6.65. The lowest BCUT2D eigenvalue weighted by Crippen LogP contribution is -2.44. The van der Waals surface area contributed by atoms with Crippen LogP contribution in [0.1, 0.15) is 25.1 Å². The molecule has 10 heteroatoms. The van der Waals surface area contributed by atoms with E-state index in [2.05, 4.69) is 15.1 Å². The Bertz CT molecular complexity index is 673. The fourth-order valence-electron chi connectivity index (χ4n) is 2.13. The maximum Gasteiger partial charge on any atom is 0.422 e. The zero-order valence-corrected chi connectivity index (χ0v) is 12.7. The molecule has 0 unspecified atom stereocenters. The number of nitrogens with two attached hydrogens (primary N) is 1. The van der Waals surface area contributed by atoms with E-state index in [1.54, 1.807) is 0 Å². The van der Waals surface area contributed by atoms with Gasteiger partial charge in [0, 0.05) is 6.20 Å². The van der Waals surface area contributed by atoms with E-state index in [0.29, 0.717) is 5.82 Å². The summed E-state index contributed by atoms with van der Waals surface area (Å²) in [6, 6.07) is 2.82. The van der Waals surface area contributed by atoms with Crippen LogP contribution in [0.5, 0.6) is 5.75 Å². The molecule has 6 nitrogen and oxygen atoms in total. The minimum Gasteiger partial charge on any atom is -0.482 e. The van der Waals surface area contributed by atoms with E-state index in [1.165, 1.54) is 18.3 Å². The molecule has 0 saturated heterocycles. The highest BCUT2D eigenvalue weighted by Gasteiger charge is 2.39. The fourth-order valence-corrected chi connectivity index (χ4v) is 2.13.